The Kier molecular flexibility index (Phi) is 1.10. The van der Waals surface area contributed by atoms with Gasteiger partial charge in [0, 0.05) is 29.4 Å². The molecule has 2 aromatic rings. The molecule has 0 unspecified atom stereocenters. The Balaban J connectivity index is 2.89. The zero-order valence-electron chi connectivity index (χ0n) is 5.28. The van der Waals surface area contributed by atoms with Gasteiger partial charge in [-0.1, -0.05) is 0 Å². The standard InChI is InChI=1S/C8H5N2/c1-3-9-6-8-2-4-10-5-7(1)8/h1-3,5-6H. The number of fused-ring (bicyclic) bond motifs is 1. The van der Waals surface area contributed by atoms with Crippen LogP contribution in [0.15, 0.2) is 30.7 Å². The largest absolute Gasteiger partial charge is 0.264 e. The smallest absolute Gasteiger partial charge is 0.0893 e. The fourth-order valence-electron chi connectivity index (χ4n) is 0.869. The molecular formula is C8H5N2. The fraction of sp³-hybridized carbons (Fsp3) is 0. The Labute approximate surface area is 58.6 Å². The van der Waals surface area contributed by atoms with E-state index in [9.17, 15) is 0 Å². The van der Waals surface area contributed by atoms with Gasteiger partial charge < -0.3 is 0 Å². The summed E-state index contributed by atoms with van der Waals surface area (Å²) in [6, 6.07) is 3.75. The van der Waals surface area contributed by atoms with Gasteiger partial charge in [0.1, 0.15) is 0 Å². The molecule has 0 atom stereocenters. The van der Waals surface area contributed by atoms with Crippen LogP contribution in [-0.4, -0.2) is 9.97 Å². The van der Waals surface area contributed by atoms with E-state index in [0.29, 0.717) is 0 Å². The van der Waals surface area contributed by atoms with Gasteiger partial charge >= 0.3 is 0 Å². The van der Waals surface area contributed by atoms with Crippen molar-refractivity contribution < 1.29 is 0 Å². The molecule has 47 valence electrons. The number of hydrogen-bond donors (Lipinski definition) is 0. The molecule has 2 rings (SSSR count). The Morgan fingerprint density at radius 2 is 2.20 bits per heavy atom. The van der Waals surface area contributed by atoms with Crippen molar-refractivity contribution in [3.05, 3.63) is 36.9 Å². The minimum atomic E-state index is 1.08. The first-order valence-corrected chi connectivity index (χ1v) is 3.02. The topological polar surface area (TPSA) is 25.8 Å². The van der Waals surface area contributed by atoms with Crippen molar-refractivity contribution in [2.45, 2.75) is 0 Å². The lowest BCUT2D eigenvalue weighted by molar-refractivity contribution is 1.31. The average Bonchev–Trinajstić information content (AvgIpc) is 2.05. The summed E-state index contributed by atoms with van der Waals surface area (Å²) in [6.45, 7) is 0. The summed E-state index contributed by atoms with van der Waals surface area (Å²) in [4.78, 5) is 7.83. The Morgan fingerprint density at radius 1 is 1.20 bits per heavy atom. The van der Waals surface area contributed by atoms with Crippen LogP contribution in [-0.2, 0) is 0 Å². The van der Waals surface area contributed by atoms with Crippen LogP contribution in [0.1, 0.15) is 0 Å². The quantitative estimate of drug-likeness (QED) is 0.537. The molecule has 0 aliphatic carbocycles. The van der Waals surface area contributed by atoms with E-state index in [0.717, 1.165) is 10.8 Å². The van der Waals surface area contributed by atoms with E-state index in [-0.39, 0.29) is 0 Å². The van der Waals surface area contributed by atoms with E-state index in [1.54, 1.807) is 18.6 Å². The molecular weight excluding hydrogens is 124 g/mol. The molecule has 2 heteroatoms. The molecule has 2 heterocycles. The van der Waals surface area contributed by atoms with Crippen molar-refractivity contribution in [3.8, 4) is 0 Å². The maximum Gasteiger partial charge on any atom is 0.0893 e. The van der Waals surface area contributed by atoms with Crippen molar-refractivity contribution >= 4 is 10.8 Å². The number of hydrogen-bond acceptors (Lipinski definition) is 2. The number of nitrogens with zero attached hydrogens (tertiary/aromatic N) is 2. The molecule has 0 amide bonds. The molecule has 0 fully saturated rings. The Hall–Kier alpha value is -1.44. The van der Waals surface area contributed by atoms with Gasteiger partial charge in [0.05, 0.1) is 6.20 Å². The molecule has 0 aromatic carbocycles. The van der Waals surface area contributed by atoms with Crippen LogP contribution in [0, 0.1) is 6.20 Å². The third kappa shape index (κ3) is 0.739. The molecule has 1 radical (unpaired) electrons. The maximum atomic E-state index is 3.97. The zero-order chi connectivity index (χ0) is 6.81. The molecule has 0 N–H and O–H groups in total. The van der Waals surface area contributed by atoms with Crippen LogP contribution in [0.2, 0.25) is 0 Å². The van der Waals surface area contributed by atoms with Gasteiger partial charge in [-0.15, -0.1) is 0 Å². The number of rotatable bonds is 0. The summed E-state index contributed by atoms with van der Waals surface area (Å²) < 4.78 is 0. The third-order valence-electron chi connectivity index (χ3n) is 1.39. The molecule has 0 spiro atoms. The van der Waals surface area contributed by atoms with Gasteiger partial charge in [-0.3, -0.25) is 9.97 Å². The molecule has 10 heavy (non-hydrogen) atoms. The van der Waals surface area contributed by atoms with E-state index in [1.807, 2.05) is 12.1 Å². The molecule has 0 aliphatic heterocycles. The van der Waals surface area contributed by atoms with Gasteiger partial charge in [0.2, 0.25) is 0 Å². The zero-order valence-corrected chi connectivity index (χ0v) is 5.28. The van der Waals surface area contributed by atoms with Crippen LogP contribution in [0.25, 0.3) is 10.8 Å². The van der Waals surface area contributed by atoms with Crippen molar-refractivity contribution in [3.63, 3.8) is 0 Å². The minimum Gasteiger partial charge on any atom is -0.264 e. The van der Waals surface area contributed by atoms with E-state index >= 15 is 0 Å². The van der Waals surface area contributed by atoms with Crippen LogP contribution in [0.5, 0.6) is 0 Å². The fourth-order valence-corrected chi connectivity index (χ4v) is 0.869. The number of pyridine rings is 2. The normalized spacial score (nSPS) is 10.0. The highest BCUT2D eigenvalue weighted by Crippen LogP contribution is 2.07. The van der Waals surface area contributed by atoms with E-state index in [1.165, 1.54) is 0 Å². The summed E-state index contributed by atoms with van der Waals surface area (Å²) in [5, 5.41) is 2.19. The molecule has 0 saturated heterocycles. The van der Waals surface area contributed by atoms with Gasteiger partial charge in [0.15, 0.2) is 0 Å². The van der Waals surface area contributed by atoms with Crippen LogP contribution < -0.4 is 0 Å². The predicted octanol–water partition coefficient (Wildman–Crippen LogP) is 1.43. The van der Waals surface area contributed by atoms with E-state index < -0.39 is 0 Å². The van der Waals surface area contributed by atoms with Gasteiger partial charge in [-0.2, -0.15) is 0 Å². The third-order valence-corrected chi connectivity index (χ3v) is 1.39. The van der Waals surface area contributed by atoms with Crippen LogP contribution >= 0.6 is 0 Å². The molecule has 2 nitrogen and oxygen atoms in total. The maximum absolute atomic E-state index is 3.97. The van der Waals surface area contributed by atoms with Crippen molar-refractivity contribution in [2.75, 3.05) is 0 Å². The first kappa shape index (κ1) is 5.35. The highest BCUT2D eigenvalue weighted by atomic mass is 14.6. The Morgan fingerprint density at radius 3 is 3.10 bits per heavy atom. The van der Waals surface area contributed by atoms with Crippen molar-refractivity contribution in [1.82, 2.24) is 9.97 Å². The summed E-state index contributed by atoms with van der Waals surface area (Å²) in [6.07, 6.45) is 8.07. The monoisotopic (exact) mass is 129 g/mol. The first-order valence-electron chi connectivity index (χ1n) is 3.02. The molecule has 2 aromatic heterocycles. The lowest BCUT2D eigenvalue weighted by Gasteiger charge is -1.90. The summed E-state index contributed by atoms with van der Waals surface area (Å²) in [5.74, 6) is 0. The minimum absolute atomic E-state index is 1.08. The van der Waals surface area contributed by atoms with Gasteiger partial charge in [-0.05, 0) is 12.1 Å². The highest BCUT2D eigenvalue weighted by Gasteiger charge is 1.87. The molecule has 0 aliphatic rings. The second-order valence-corrected chi connectivity index (χ2v) is 2.04. The van der Waals surface area contributed by atoms with Crippen LogP contribution in [0.4, 0.5) is 0 Å². The van der Waals surface area contributed by atoms with E-state index in [2.05, 4.69) is 16.2 Å². The predicted molar refractivity (Wildman–Crippen MR) is 38.4 cm³/mol. The summed E-state index contributed by atoms with van der Waals surface area (Å²) in [5.41, 5.74) is 0. The van der Waals surface area contributed by atoms with Crippen LogP contribution in [0.3, 0.4) is 0 Å². The lowest BCUT2D eigenvalue weighted by atomic mass is 10.2. The van der Waals surface area contributed by atoms with Gasteiger partial charge in [0.25, 0.3) is 0 Å². The summed E-state index contributed by atoms with van der Waals surface area (Å²) >= 11 is 0. The second kappa shape index (κ2) is 2.06. The number of aromatic nitrogens is 2. The summed E-state index contributed by atoms with van der Waals surface area (Å²) in [7, 11) is 0. The van der Waals surface area contributed by atoms with Crippen molar-refractivity contribution in [2.24, 2.45) is 0 Å². The van der Waals surface area contributed by atoms with Gasteiger partial charge in [-0.25, -0.2) is 0 Å². The Bertz CT molecular complexity index is 278. The molecule has 0 bridgehead atoms. The second-order valence-electron chi connectivity index (χ2n) is 2.04. The first-order chi connectivity index (χ1) is 4.97. The van der Waals surface area contributed by atoms with Crippen molar-refractivity contribution in [1.29, 1.82) is 0 Å². The average molecular weight is 129 g/mol. The highest BCUT2D eigenvalue weighted by molar-refractivity contribution is 5.79. The van der Waals surface area contributed by atoms with E-state index in [4.69, 9.17) is 0 Å². The SMILES string of the molecule is [c]1cc2cnccc2cn1. The molecule has 0 saturated carbocycles. The lowest BCUT2D eigenvalue weighted by Crippen LogP contribution is -1.75.